The number of nitrogens with one attached hydrogen (secondary N) is 1. The van der Waals surface area contributed by atoms with Gasteiger partial charge >= 0.3 is 0 Å². The van der Waals surface area contributed by atoms with Crippen molar-refractivity contribution in [3.8, 4) is 5.75 Å². The van der Waals surface area contributed by atoms with Crippen molar-refractivity contribution in [3.05, 3.63) is 71.8 Å². The van der Waals surface area contributed by atoms with Gasteiger partial charge in [0.15, 0.2) is 9.84 Å². The van der Waals surface area contributed by atoms with Gasteiger partial charge in [0, 0.05) is 11.8 Å². The summed E-state index contributed by atoms with van der Waals surface area (Å²) in [6.45, 7) is 8.02. The van der Waals surface area contributed by atoms with Gasteiger partial charge in [-0.2, -0.15) is 0 Å². The SMILES string of the molecule is C=C(C)COc1cccc(C(=O)N[C@H](CC)c2ccc(S(C)(=O)=O)cc2)c1. The third-order valence-corrected chi connectivity index (χ3v) is 5.13. The maximum Gasteiger partial charge on any atom is 0.251 e. The molecular formula is C21H25NO4S. The highest BCUT2D eigenvalue weighted by molar-refractivity contribution is 7.90. The number of benzene rings is 2. The number of sulfone groups is 1. The second-order valence-electron chi connectivity index (χ2n) is 6.55. The molecule has 1 atom stereocenters. The topological polar surface area (TPSA) is 72.5 Å². The Kier molecular flexibility index (Phi) is 6.80. The molecule has 144 valence electrons. The molecule has 5 nitrogen and oxygen atoms in total. The predicted molar refractivity (Wildman–Crippen MR) is 107 cm³/mol. The van der Waals surface area contributed by atoms with E-state index >= 15 is 0 Å². The van der Waals surface area contributed by atoms with Crippen molar-refractivity contribution in [1.29, 1.82) is 0 Å². The van der Waals surface area contributed by atoms with Crippen LogP contribution in [0, 0.1) is 0 Å². The van der Waals surface area contributed by atoms with Crippen LogP contribution in [0.15, 0.2) is 65.6 Å². The van der Waals surface area contributed by atoms with Crippen LogP contribution in [0.2, 0.25) is 0 Å². The summed E-state index contributed by atoms with van der Waals surface area (Å²) in [6.07, 6.45) is 1.85. The number of hydrogen-bond acceptors (Lipinski definition) is 4. The second-order valence-corrected chi connectivity index (χ2v) is 8.56. The van der Waals surface area contributed by atoms with Crippen LogP contribution < -0.4 is 10.1 Å². The van der Waals surface area contributed by atoms with E-state index in [0.29, 0.717) is 24.3 Å². The molecule has 0 aliphatic carbocycles. The Balaban J connectivity index is 2.13. The summed E-state index contributed by atoms with van der Waals surface area (Å²) in [5.74, 6) is 0.394. The standard InChI is InChI=1S/C21H25NO4S/c1-5-20(16-9-11-19(12-10-16)27(4,24)25)22-21(23)17-7-6-8-18(13-17)26-14-15(2)3/h6-13,20H,2,5,14H2,1,3-4H3,(H,22,23)/t20-/m1/s1. The molecule has 0 unspecified atom stereocenters. The number of carbonyl (C=O) groups is 1. The average Bonchev–Trinajstić information content (AvgIpc) is 2.64. The van der Waals surface area contributed by atoms with Crippen LogP contribution >= 0.6 is 0 Å². The fourth-order valence-corrected chi connectivity index (χ4v) is 3.17. The van der Waals surface area contributed by atoms with E-state index in [1.54, 1.807) is 48.5 Å². The number of amides is 1. The van der Waals surface area contributed by atoms with E-state index in [0.717, 1.165) is 11.1 Å². The van der Waals surface area contributed by atoms with Gasteiger partial charge in [0.05, 0.1) is 10.9 Å². The van der Waals surface area contributed by atoms with Gasteiger partial charge in [-0.15, -0.1) is 0 Å². The molecule has 0 saturated carbocycles. The fraction of sp³-hybridized carbons (Fsp3) is 0.286. The quantitative estimate of drug-likeness (QED) is 0.697. The number of rotatable bonds is 8. The molecule has 0 fully saturated rings. The van der Waals surface area contributed by atoms with E-state index in [2.05, 4.69) is 11.9 Å². The summed E-state index contributed by atoms with van der Waals surface area (Å²) in [5.41, 5.74) is 2.25. The van der Waals surface area contributed by atoms with Crippen LogP contribution in [-0.4, -0.2) is 27.2 Å². The molecule has 2 rings (SSSR count). The third kappa shape index (κ3) is 5.96. The normalized spacial score (nSPS) is 12.3. The molecule has 0 bridgehead atoms. The largest absolute Gasteiger partial charge is 0.489 e. The molecule has 0 aliphatic rings. The number of ether oxygens (including phenoxy) is 1. The second kappa shape index (κ2) is 8.86. The van der Waals surface area contributed by atoms with Crippen LogP contribution in [0.5, 0.6) is 5.75 Å². The van der Waals surface area contributed by atoms with E-state index in [1.165, 1.54) is 6.26 Å². The zero-order valence-corrected chi connectivity index (χ0v) is 16.7. The molecular weight excluding hydrogens is 362 g/mol. The van der Waals surface area contributed by atoms with Crippen molar-refractivity contribution < 1.29 is 17.9 Å². The average molecular weight is 388 g/mol. The van der Waals surface area contributed by atoms with Crippen molar-refractivity contribution >= 4 is 15.7 Å². The minimum atomic E-state index is -3.24. The first-order valence-electron chi connectivity index (χ1n) is 8.69. The summed E-state index contributed by atoms with van der Waals surface area (Å²) in [4.78, 5) is 12.9. The number of carbonyl (C=O) groups excluding carboxylic acids is 1. The van der Waals surface area contributed by atoms with Crippen molar-refractivity contribution in [2.45, 2.75) is 31.2 Å². The Labute approximate surface area is 161 Å². The van der Waals surface area contributed by atoms with Gasteiger partial charge in [-0.1, -0.05) is 31.7 Å². The van der Waals surface area contributed by atoms with E-state index in [-0.39, 0.29) is 16.8 Å². The minimum Gasteiger partial charge on any atom is -0.489 e. The first-order valence-corrected chi connectivity index (χ1v) is 10.6. The molecule has 6 heteroatoms. The molecule has 0 heterocycles. The smallest absolute Gasteiger partial charge is 0.251 e. The highest BCUT2D eigenvalue weighted by Crippen LogP contribution is 2.21. The highest BCUT2D eigenvalue weighted by Gasteiger charge is 2.16. The zero-order chi connectivity index (χ0) is 20.0. The maximum atomic E-state index is 12.6. The molecule has 1 amide bonds. The predicted octanol–water partition coefficient (Wildman–Crippen LogP) is 3.93. The Morgan fingerprint density at radius 3 is 2.41 bits per heavy atom. The van der Waals surface area contributed by atoms with Crippen molar-refractivity contribution in [2.75, 3.05) is 12.9 Å². The summed E-state index contributed by atoms with van der Waals surface area (Å²) in [5, 5.41) is 2.99. The lowest BCUT2D eigenvalue weighted by molar-refractivity contribution is 0.0935. The lowest BCUT2D eigenvalue weighted by Crippen LogP contribution is -2.28. The molecule has 2 aromatic carbocycles. The van der Waals surface area contributed by atoms with Crippen LogP contribution in [0.1, 0.15) is 42.2 Å². The third-order valence-electron chi connectivity index (χ3n) is 4.01. The first kappa shape index (κ1) is 20.7. The van der Waals surface area contributed by atoms with Crippen LogP contribution in [0.4, 0.5) is 0 Å². The summed E-state index contributed by atoms with van der Waals surface area (Å²) >= 11 is 0. The van der Waals surface area contributed by atoms with Crippen molar-refractivity contribution in [3.63, 3.8) is 0 Å². The maximum absolute atomic E-state index is 12.6. The molecule has 1 N–H and O–H groups in total. The minimum absolute atomic E-state index is 0.213. The lowest BCUT2D eigenvalue weighted by Gasteiger charge is -2.18. The monoisotopic (exact) mass is 387 g/mol. The molecule has 2 aromatic rings. The first-order chi connectivity index (χ1) is 12.7. The molecule has 0 aromatic heterocycles. The molecule has 0 saturated heterocycles. The Morgan fingerprint density at radius 2 is 1.85 bits per heavy atom. The summed E-state index contributed by atoms with van der Waals surface area (Å²) in [6, 6.07) is 13.4. The molecule has 27 heavy (non-hydrogen) atoms. The Bertz CT molecular complexity index is 917. The summed E-state index contributed by atoms with van der Waals surface area (Å²) < 4.78 is 28.8. The van der Waals surface area contributed by atoms with E-state index in [9.17, 15) is 13.2 Å². The van der Waals surface area contributed by atoms with E-state index in [1.807, 2.05) is 13.8 Å². The summed E-state index contributed by atoms with van der Waals surface area (Å²) in [7, 11) is -3.24. The number of hydrogen-bond donors (Lipinski definition) is 1. The van der Waals surface area contributed by atoms with Crippen molar-refractivity contribution in [1.82, 2.24) is 5.32 Å². The van der Waals surface area contributed by atoms with Gasteiger partial charge in [-0.05, 0) is 54.8 Å². The van der Waals surface area contributed by atoms with Crippen LogP contribution in [0.25, 0.3) is 0 Å². The van der Waals surface area contributed by atoms with Gasteiger partial charge in [0.1, 0.15) is 12.4 Å². The van der Waals surface area contributed by atoms with Crippen molar-refractivity contribution in [2.24, 2.45) is 0 Å². The Hall–Kier alpha value is -2.60. The lowest BCUT2D eigenvalue weighted by atomic mass is 10.0. The van der Waals surface area contributed by atoms with Gasteiger partial charge in [0.25, 0.3) is 5.91 Å². The fourth-order valence-electron chi connectivity index (χ4n) is 2.54. The zero-order valence-electron chi connectivity index (χ0n) is 15.9. The van der Waals surface area contributed by atoms with E-state index in [4.69, 9.17) is 4.74 Å². The van der Waals surface area contributed by atoms with Crippen LogP contribution in [0.3, 0.4) is 0 Å². The molecule has 0 spiro atoms. The molecule has 0 aliphatic heterocycles. The Morgan fingerprint density at radius 1 is 1.19 bits per heavy atom. The van der Waals surface area contributed by atoms with Gasteiger partial charge in [-0.3, -0.25) is 4.79 Å². The van der Waals surface area contributed by atoms with E-state index < -0.39 is 9.84 Å². The van der Waals surface area contributed by atoms with Gasteiger partial charge in [-0.25, -0.2) is 8.42 Å². The highest BCUT2D eigenvalue weighted by atomic mass is 32.2. The van der Waals surface area contributed by atoms with Gasteiger partial charge in [0.2, 0.25) is 0 Å². The van der Waals surface area contributed by atoms with Gasteiger partial charge < -0.3 is 10.1 Å². The molecule has 0 radical (unpaired) electrons. The van der Waals surface area contributed by atoms with Crippen LogP contribution in [-0.2, 0) is 9.84 Å².